The second-order valence-electron chi connectivity index (χ2n) is 4.16. The van der Waals surface area contributed by atoms with Gasteiger partial charge in [-0.2, -0.15) is 13.5 Å². The zero-order valence-corrected chi connectivity index (χ0v) is 24.5. The minimum atomic E-state index is -2.17. The Morgan fingerprint density at radius 1 is 0.118 bits per heavy atom. The fraction of sp³-hybridized carbons (Fsp3) is 0. The normalized spacial score (nSPS) is 6.35. The van der Waals surface area contributed by atoms with E-state index in [0.717, 1.165) is 0 Å². The molecule has 0 aliphatic heterocycles. The van der Waals surface area contributed by atoms with Gasteiger partial charge < -0.3 is 181 Å². The Kier molecular flexibility index (Phi) is 182. The monoisotopic (exact) mass is 826 g/mol. The number of hydrogen-bond acceptors (Lipinski definition) is 36. The van der Waals surface area contributed by atoms with E-state index in [2.05, 4.69) is 0 Å². The van der Waals surface area contributed by atoms with E-state index in [9.17, 15) is 0 Å². The predicted octanol–water partition coefficient (Wildman–Crippen LogP) is -25.8. The van der Waals surface area contributed by atoms with Crippen LogP contribution in [0.4, 0.5) is 0 Å². The Morgan fingerprint density at radius 2 is 0.118 bits per heavy atom. The van der Waals surface area contributed by atoms with E-state index < -0.39 is 87.9 Å². The van der Waals surface area contributed by atoms with Gasteiger partial charge in [-0.1, -0.05) is 0 Å². The Bertz CT molecular complexity index is 244. The van der Waals surface area contributed by atoms with Gasteiger partial charge in [-0.05, 0) is 0 Å². The van der Waals surface area contributed by atoms with Crippen molar-refractivity contribution < 1.29 is 181 Å². The van der Waals surface area contributed by atoms with Crippen molar-refractivity contribution in [1.82, 2.24) is 0 Å². The third-order valence-corrected chi connectivity index (χ3v) is 0. The number of hydrogen-bond donors (Lipinski definition) is 36. The molecule has 300 valence electrons. The standard InChI is InChI=1S/12BH3O3.2Na.H2S.2H/c12*2-1(3)4;;;;;/h12*2-4H;;;1H2;;. The SMILES string of the molecule is OB(O)O.OB(O)O.OB(O)O.OB(O)O.OB(O)O.OB(O)O.OB(O)O.OB(O)O.OB(O)O.OB(O)O.OB(O)O.OB(O)O.S.[NaH].[NaH]. The summed E-state index contributed by atoms with van der Waals surface area (Å²) >= 11 is 0. The molecule has 0 fully saturated rings. The van der Waals surface area contributed by atoms with Crippen molar-refractivity contribution in [2.24, 2.45) is 0 Å². The van der Waals surface area contributed by atoms with Crippen LogP contribution in [0, 0.1) is 0 Å². The minimum absolute atomic E-state index is 0. The Morgan fingerprint density at radius 3 is 0.118 bits per heavy atom. The fourth-order valence-corrected chi connectivity index (χ4v) is 0. The molecule has 36 nitrogen and oxygen atoms in total. The molecule has 0 bridgehead atoms. The molecule has 51 heavy (non-hydrogen) atoms. The first-order valence-electron chi connectivity index (χ1n) is 9.30. The first-order chi connectivity index (χ1) is 20.8. The van der Waals surface area contributed by atoms with Crippen molar-refractivity contribution in [3.8, 4) is 0 Å². The van der Waals surface area contributed by atoms with Gasteiger partial charge >= 0.3 is 147 Å². The zero-order valence-electron chi connectivity index (χ0n) is 23.5. The van der Waals surface area contributed by atoms with Gasteiger partial charge in [0.1, 0.15) is 0 Å². The summed E-state index contributed by atoms with van der Waals surface area (Å²) < 4.78 is 0. The first kappa shape index (κ1) is 99.1. The molecule has 0 spiro atoms. The summed E-state index contributed by atoms with van der Waals surface area (Å²) in [7, 11) is -26.0. The van der Waals surface area contributed by atoms with E-state index in [4.69, 9.17) is 181 Å². The molecular formula is H40B12Na2O36S. The molecule has 0 aliphatic rings. The van der Waals surface area contributed by atoms with Crippen LogP contribution in [0.2, 0.25) is 0 Å². The molecule has 0 radical (unpaired) electrons. The van der Waals surface area contributed by atoms with Gasteiger partial charge in [0.15, 0.2) is 0 Å². The van der Waals surface area contributed by atoms with Crippen LogP contribution in [0.3, 0.4) is 0 Å². The van der Waals surface area contributed by atoms with Crippen LogP contribution in [-0.4, -0.2) is 328 Å². The van der Waals surface area contributed by atoms with E-state index in [0.29, 0.717) is 0 Å². The molecular weight excluding hydrogens is 784 g/mol. The predicted molar refractivity (Wildman–Crippen MR) is 174 cm³/mol. The van der Waals surface area contributed by atoms with Crippen molar-refractivity contribution in [3.63, 3.8) is 0 Å². The fourth-order valence-electron chi connectivity index (χ4n) is 0. The van der Waals surface area contributed by atoms with Crippen LogP contribution in [0.15, 0.2) is 0 Å². The van der Waals surface area contributed by atoms with Crippen molar-refractivity contribution in [1.29, 1.82) is 0 Å². The summed E-state index contributed by atoms with van der Waals surface area (Å²) in [4.78, 5) is 0. The molecule has 0 aliphatic carbocycles. The van der Waals surface area contributed by atoms with E-state index in [1.165, 1.54) is 0 Å². The molecule has 0 rings (SSSR count). The van der Waals surface area contributed by atoms with Gasteiger partial charge in [-0.15, -0.1) is 0 Å². The molecule has 0 saturated heterocycles. The zero-order chi connectivity index (χ0) is 42.9. The molecule has 0 unspecified atom stereocenters. The van der Waals surface area contributed by atoms with Crippen molar-refractivity contribution >= 4 is 160 Å². The Balaban J connectivity index is -0.0000000212. The van der Waals surface area contributed by atoms with E-state index >= 15 is 0 Å². The average molecular weight is 824 g/mol. The van der Waals surface area contributed by atoms with Crippen LogP contribution in [-0.2, 0) is 0 Å². The van der Waals surface area contributed by atoms with Gasteiger partial charge in [0.05, 0.1) is 0 Å². The molecule has 51 heteroatoms. The van der Waals surface area contributed by atoms with Crippen molar-refractivity contribution in [3.05, 3.63) is 0 Å². The molecule has 0 aromatic carbocycles. The third-order valence-electron chi connectivity index (χ3n) is 0. The average Bonchev–Trinajstić information content (AvgIpc) is 2.61. The van der Waals surface area contributed by atoms with Crippen molar-refractivity contribution in [2.75, 3.05) is 0 Å². The van der Waals surface area contributed by atoms with Gasteiger partial charge in [-0.3, -0.25) is 0 Å². The second-order valence-corrected chi connectivity index (χ2v) is 4.16. The molecule has 0 saturated carbocycles. The van der Waals surface area contributed by atoms with Crippen LogP contribution in [0.25, 0.3) is 0 Å². The Hall–Kier alpha value is 1.69. The molecule has 0 aromatic rings. The van der Waals surface area contributed by atoms with Crippen LogP contribution in [0.5, 0.6) is 0 Å². The third kappa shape index (κ3) is 44700. The molecule has 0 amide bonds. The van der Waals surface area contributed by atoms with Gasteiger partial charge in [0.25, 0.3) is 0 Å². The molecule has 0 heterocycles. The maximum absolute atomic E-state index is 7.17. The van der Waals surface area contributed by atoms with Gasteiger partial charge in [-0.25, -0.2) is 0 Å². The van der Waals surface area contributed by atoms with Crippen LogP contribution in [0.1, 0.15) is 0 Å². The molecule has 0 aromatic heterocycles. The summed E-state index contributed by atoms with van der Waals surface area (Å²) in [6.07, 6.45) is 0. The summed E-state index contributed by atoms with van der Waals surface area (Å²) in [5, 5.41) is 258. The summed E-state index contributed by atoms with van der Waals surface area (Å²) in [5.41, 5.74) is 0. The van der Waals surface area contributed by atoms with Crippen molar-refractivity contribution in [2.45, 2.75) is 0 Å². The maximum atomic E-state index is 7.17. The summed E-state index contributed by atoms with van der Waals surface area (Å²) in [6, 6.07) is 0. The van der Waals surface area contributed by atoms with E-state index in [-0.39, 0.29) is 72.6 Å². The van der Waals surface area contributed by atoms with Crippen LogP contribution >= 0.6 is 13.5 Å². The topological polar surface area (TPSA) is 728 Å². The molecule has 36 N–H and O–H groups in total. The number of rotatable bonds is 0. The van der Waals surface area contributed by atoms with E-state index in [1.54, 1.807) is 0 Å². The summed E-state index contributed by atoms with van der Waals surface area (Å²) in [5.74, 6) is 0. The first-order valence-corrected chi connectivity index (χ1v) is 9.30. The van der Waals surface area contributed by atoms with Crippen LogP contribution < -0.4 is 0 Å². The molecule has 0 atom stereocenters. The Labute approximate surface area is 339 Å². The van der Waals surface area contributed by atoms with Gasteiger partial charge in [0, 0.05) is 0 Å². The van der Waals surface area contributed by atoms with Gasteiger partial charge in [0.2, 0.25) is 0 Å². The quantitative estimate of drug-likeness (QED) is 0.101. The second kappa shape index (κ2) is 93.5. The van der Waals surface area contributed by atoms with E-state index in [1.807, 2.05) is 0 Å². The summed E-state index contributed by atoms with van der Waals surface area (Å²) in [6.45, 7) is 0.